The van der Waals surface area contributed by atoms with E-state index in [9.17, 15) is 21.6 Å². The lowest BCUT2D eigenvalue weighted by molar-refractivity contribution is -0.0500. The van der Waals surface area contributed by atoms with Gasteiger partial charge in [0.2, 0.25) is 0 Å². The zero-order valence-electron chi connectivity index (χ0n) is 10.00. The molecule has 0 aromatic heterocycles. The number of aryl methyl sites for hydroxylation is 1. The summed E-state index contributed by atoms with van der Waals surface area (Å²) < 4.78 is 62.5. The van der Waals surface area contributed by atoms with E-state index in [4.69, 9.17) is 0 Å². The van der Waals surface area contributed by atoms with Gasteiger partial charge in [0.05, 0.1) is 4.47 Å². The van der Waals surface area contributed by atoms with Crippen molar-refractivity contribution in [1.29, 1.82) is 0 Å². The third-order valence-corrected chi connectivity index (χ3v) is 3.88. The first-order chi connectivity index (χ1) is 8.67. The van der Waals surface area contributed by atoms with E-state index in [1.165, 1.54) is 6.07 Å². The predicted octanol–water partition coefficient (Wildman–Crippen LogP) is 4.02. The van der Waals surface area contributed by atoms with Gasteiger partial charge < -0.3 is 4.18 Å². The van der Waals surface area contributed by atoms with Crippen molar-refractivity contribution in [1.82, 2.24) is 0 Å². The Kier molecular flexibility index (Phi) is 5.26. The maximum atomic E-state index is 12.2. The fourth-order valence-corrected chi connectivity index (χ4v) is 2.40. The molecule has 19 heavy (non-hydrogen) atoms. The first-order valence-corrected chi connectivity index (χ1v) is 7.66. The lowest BCUT2D eigenvalue weighted by Crippen LogP contribution is -2.28. The second kappa shape index (κ2) is 6.13. The van der Waals surface area contributed by atoms with Gasteiger partial charge in [-0.2, -0.15) is 21.6 Å². The van der Waals surface area contributed by atoms with Gasteiger partial charge in [0.15, 0.2) is 5.75 Å². The van der Waals surface area contributed by atoms with Crippen molar-refractivity contribution >= 4 is 26.0 Å². The lowest BCUT2D eigenvalue weighted by atomic mass is 10.1. The van der Waals surface area contributed by atoms with Crippen LogP contribution < -0.4 is 4.18 Å². The number of unbranched alkanes of at least 4 members (excludes halogenated alkanes) is 1. The molecular weight excluding hydrogens is 349 g/mol. The summed E-state index contributed by atoms with van der Waals surface area (Å²) in [5.74, 6) is -0.377. The molecule has 0 saturated heterocycles. The number of hydrogen-bond donors (Lipinski definition) is 0. The SMILES string of the molecule is CCCCc1ccc(OS(=O)(=O)C(F)(F)F)c(Br)c1. The highest BCUT2D eigenvalue weighted by Gasteiger charge is 2.48. The Morgan fingerprint density at radius 3 is 2.42 bits per heavy atom. The highest BCUT2D eigenvalue weighted by molar-refractivity contribution is 9.10. The van der Waals surface area contributed by atoms with Crippen molar-refractivity contribution in [2.75, 3.05) is 0 Å². The molecule has 0 amide bonds. The molecule has 0 saturated carbocycles. The molecular formula is C11H12BrF3O3S. The zero-order valence-corrected chi connectivity index (χ0v) is 12.4. The molecule has 1 aromatic rings. The smallest absolute Gasteiger partial charge is 0.375 e. The topological polar surface area (TPSA) is 43.4 Å². The molecule has 0 bridgehead atoms. The Bertz CT molecular complexity index is 541. The molecule has 8 heteroatoms. The Hall–Kier alpha value is -0.760. The fraction of sp³-hybridized carbons (Fsp3) is 0.455. The van der Waals surface area contributed by atoms with Crippen molar-refractivity contribution in [2.45, 2.75) is 31.7 Å². The Balaban J connectivity index is 2.93. The van der Waals surface area contributed by atoms with Gasteiger partial charge in [-0.25, -0.2) is 0 Å². The summed E-state index contributed by atoms with van der Waals surface area (Å²) in [6, 6.07) is 4.30. The van der Waals surface area contributed by atoms with Crippen LogP contribution in [0.5, 0.6) is 5.75 Å². The van der Waals surface area contributed by atoms with Crippen molar-refractivity contribution in [2.24, 2.45) is 0 Å². The largest absolute Gasteiger partial charge is 0.534 e. The van der Waals surface area contributed by atoms with Crippen LogP contribution >= 0.6 is 15.9 Å². The summed E-state index contributed by atoms with van der Waals surface area (Å²) in [5, 5.41) is 0. The van der Waals surface area contributed by atoms with E-state index >= 15 is 0 Å². The van der Waals surface area contributed by atoms with Crippen LogP contribution in [0.4, 0.5) is 13.2 Å². The molecule has 1 aromatic carbocycles. The zero-order chi connectivity index (χ0) is 14.7. The van der Waals surface area contributed by atoms with Crippen LogP contribution in [0, 0.1) is 0 Å². The summed E-state index contributed by atoms with van der Waals surface area (Å²) in [6.45, 7) is 2.02. The van der Waals surface area contributed by atoms with Crippen LogP contribution in [-0.2, 0) is 16.5 Å². The third kappa shape index (κ3) is 4.38. The van der Waals surface area contributed by atoms with Gasteiger partial charge >= 0.3 is 15.6 Å². The van der Waals surface area contributed by atoms with Crippen LogP contribution in [0.1, 0.15) is 25.3 Å². The minimum Gasteiger partial charge on any atom is -0.375 e. The van der Waals surface area contributed by atoms with E-state index in [0.717, 1.165) is 24.8 Å². The van der Waals surface area contributed by atoms with E-state index in [1.54, 1.807) is 12.1 Å². The quantitative estimate of drug-likeness (QED) is 0.588. The minimum atomic E-state index is -5.63. The van der Waals surface area contributed by atoms with E-state index in [1.807, 2.05) is 6.92 Å². The van der Waals surface area contributed by atoms with Gasteiger partial charge in [0, 0.05) is 0 Å². The molecule has 0 spiro atoms. The summed E-state index contributed by atoms with van der Waals surface area (Å²) in [6.07, 6.45) is 2.69. The Morgan fingerprint density at radius 1 is 1.32 bits per heavy atom. The van der Waals surface area contributed by atoms with Crippen molar-refractivity contribution in [3.63, 3.8) is 0 Å². The van der Waals surface area contributed by atoms with E-state index in [0.29, 0.717) is 0 Å². The number of rotatable bonds is 5. The molecule has 0 aliphatic heterocycles. The van der Waals surface area contributed by atoms with Gasteiger partial charge in [-0.05, 0) is 46.5 Å². The van der Waals surface area contributed by atoms with Crippen molar-refractivity contribution in [3.8, 4) is 5.75 Å². The summed E-state index contributed by atoms with van der Waals surface area (Å²) >= 11 is 3.00. The molecule has 0 fully saturated rings. The monoisotopic (exact) mass is 360 g/mol. The number of hydrogen-bond acceptors (Lipinski definition) is 3. The molecule has 3 nitrogen and oxygen atoms in total. The highest BCUT2D eigenvalue weighted by Crippen LogP contribution is 2.32. The lowest BCUT2D eigenvalue weighted by Gasteiger charge is -2.11. The van der Waals surface area contributed by atoms with Crippen molar-refractivity contribution < 1.29 is 25.8 Å². The minimum absolute atomic E-state index is 0.175. The Labute approximate surface area is 118 Å². The summed E-state index contributed by atoms with van der Waals surface area (Å²) in [5.41, 5.74) is -4.54. The number of benzene rings is 1. The average Bonchev–Trinajstić information content (AvgIpc) is 2.28. The van der Waals surface area contributed by atoms with E-state index < -0.39 is 15.6 Å². The normalized spacial score (nSPS) is 12.5. The fourth-order valence-electron chi connectivity index (χ4n) is 1.31. The second-order valence-corrected chi connectivity index (χ2v) is 6.24. The van der Waals surface area contributed by atoms with Crippen LogP contribution in [0.25, 0.3) is 0 Å². The molecule has 0 N–H and O–H groups in total. The summed E-state index contributed by atoms with van der Waals surface area (Å²) in [4.78, 5) is 0. The van der Waals surface area contributed by atoms with E-state index in [2.05, 4.69) is 20.1 Å². The second-order valence-electron chi connectivity index (χ2n) is 3.85. The predicted molar refractivity (Wildman–Crippen MR) is 68.4 cm³/mol. The molecule has 0 aliphatic rings. The van der Waals surface area contributed by atoms with Crippen LogP contribution in [0.15, 0.2) is 22.7 Å². The van der Waals surface area contributed by atoms with Gasteiger partial charge in [-0.15, -0.1) is 0 Å². The highest BCUT2D eigenvalue weighted by atomic mass is 79.9. The van der Waals surface area contributed by atoms with E-state index in [-0.39, 0.29) is 10.2 Å². The average molecular weight is 361 g/mol. The van der Waals surface area contributed by atoms with Crippen LogP contribution in [0.2, 0.25) is 0 Å². The molecule has 0 aliphatic carbocycles. The van der Waals surface area contributed by atoms with Crippen LogP contribution in [-0.4, -0.2) is 13.9 Å². The maximum absolute atomic E-state index is 12.2. The third-order valence-electron chi connectivity index (χ3n) is 2.30. The molecule has 0 unspecified atom stereocenters. The maximum Gasteiger partial charge on any atom is 0.534 e. The molecule has 1 rings (SSSR count). The molecule has 108 valence electrons. The molecule has 0 atom stereocenters. The Morgan fingerprint density at radius 2 is 1.95 bits per heavy atom. The van der Waals surface area contributed by atoms with Gasteiger partial charge in [-0.1, -0.05) is 19.4 Å². The van der Waals surface area contributed by atoms with Gasteiger partial charge in [0.1, 0.15) is 0 Å². The van der Waals surface area contributed by atoms with Crippen LogP contribution in [0.3, 0.4) is 0 Å². The molecule has 0 heterocycles. The standard InChI is InChI=1S/C11H12BrF3O3S/c1-2-3-4-8-5-6-10(9(12)7-8)18-19(16,17)11(13,14)15/h5-7H,2-4H2,1H3. The number of halogens is 4. The van der Waals surface area contributed by atoms with Gasteiger partial charge in [0.25, 0.3) is 0 Å². The first-order valence-electron chi connectivity index (χ1n) is 5.46. The van der Waals surface area contributed by atoms with Gasteiger partial charge in [-0.3, -0.25) is 0 Å². The van der Waals surface area contributed by atoms with Crippen molar-refractivity contribution in [3.05, 3.63) is 28.2 Å². The molecule has 0 radical (unpaired) electrons. The number of alkyl halides is 3. The summed E-state index contributed by atoms with van der Waals surface area (Å²) in [7, 11) is -5.63. The first kappa shape index (κ1) is 16.3.